The van der Waals surface area contributed by atoms with Crippen molar-refractivity contribution in [2.75, 3.05) is 32.3 Å². The van der Waals surface area contributed by atoms with Crippen molar-refractivity contribution in [1.29, 1.82) is 0 Å². The summed E-state index contributed by atoms with van der Waals surface area (Å²) >= 11 is 2.64. The van der Waals surface area contributed by atoms with Crippen LogP contribution in [0, 0.1) is 6.92 Å². The van der Waals surface area contributed by atoms with Crippen LogP contribution in [0.3, 0.4) is 0 Å². The molecule has 0 saturated carbocycles. The van der Waals surface area contributed by atoms with Gasteiger partial charge in [0.05, 0.1) is 26.9 Å². The fraction of sp³-hybridized carbons (Fsp3) is 0.333. The molecule has 0 bridgehead atoms. The molecular formula is C33H35N2O8PS2. The Labute approximate surface area is 274 Å². The maximum Gasteiger partial charge on any atom is 0.330 e. The predicted octanol–water partition coefficient (Wildman–Crippen LogP) is 6.13. The average molecular weight is 683 g/mol. The summed E-state index contributed by atoms with van der Waals surface area (Å²) in [6.45, 7) is 1.65. The largest absolute Gasteiger partial charge is 0.497 e. The SMILES string of the molecule is COc1ccc(C(OC[C@H]2O[C@@H](n3cc(C)c(=O)[nH]c3=O)C[C@@H]2OP2(=O)SCCS2)(c2ccccc2)c2ccc(OC)cc2)cc1. The van der Waals surface area contributed by atoms with Crippen LogP contribution in [0.4, 0.5) is 0 Å². The lowest BCUT2D eigenvalue weighted by atomic mass is 9.80. The van der Waals surface area contributed by atoms with Gasteiger partial charge in [-0.25, -0.2) is 4.79 Å². The molecule has 0 radical (unpaired) electrons. The number of rotatable bonds is 11. The molecule has 10 nitrogen and oxygen atoms in total. The molecule has 6 rings (SSSR count). The van der Waals surface area contributed by atoms with Gasteiger partial charge in [-0.15, -0.1) is 0 Å². The minimum Gasteiger partial charge on any atom is -0.497 e. The van der Waals surface area contributed by atoms with Crippen LogP contribution in [0.5, 0.6) is 11.5 Å². The smallest absolute Gasteiger partial charge is 0.330 e. The number of hydrogen-bond donors (Lipinski definition) is 1. The van der Waals surface area contributed by atoms with E-state index in [1.807, 2.05) is 78.9 Å². The molecule has 13 heteroatoms. The normalized spacial score (nSPS) is 20.9. The zero-order chi connectivity index (χ0) is 32.3. The van der Waals surface area contributed by atoms with Crippen LogP contribution in [-0.4, -0.2) is 54.1 Å². The summed E-state index contributed by atoms with van der Waals surface area (Å²) in [5.41, 5.74) is 0.779. The highest BCUT2D eigenvalue weighted by atomic mass is 33.1. The van der Waals surface area contributed by atoms with E-state index in [2.05, 4.69) is 4.98 Å². The van der Waals surface area contributed by atoms with Crippen molar-refractivity contribution in [3.8, 4) is 11.5 Å². The predicted molar refractivity (Wildman–Crippen MR) is 180 cm³/mol. The molecule has 0 unspecified atom stereocenters. The molecule has 4 aromatic rings. The number of nitrogens with zero attached hydrogens (tertiary/aromatic N) is 1. The molecule has 1 N–H and O–H groups in total. The Morgan fingerprint density at radius 1 is 0.891 bits per heavy atom. The van der Waals surface area contributed by atoms with E-state index in [-0.39, 0.29) is 13.0 Å². The third kappa shape index (κ3) is 6.60. The second-order valence-corrected chi connectivity index (χ2v) is 18.5. The molecule has 2 fully saturated rings. The number of benzene rings is 3. The van der Waals surface area contributed by atoms with Gasteiger partial charge >= 0.3 is 11.5 Å². The number of aryl methyl sites for hydroxylation is 1. The topological polar surface area (TPSA) is 118 Å². The lowest BCUT2D eigenvalue weighted by Crippen LogP contribution is -2.38. The fourth-order valence-corrected chi connectivity index (χ4v) is 13.5. The second-order valence-electron chi connectivity index (χ2n) is 10.9. The Morgan fingerprint density at radius 2 is 1.46 bits per heavy atom. The van der Waals surface area contributed by atoms with Gasteiger partial charge in [0.25, 0.3) is 5.56 Å². The number of hydrogen-bond acceptors (Lipinski definition) is 10. The molecule has 242 valence electrons. The van der Waals surface area contributed by atoms with Gasteiger partial charge in [0.1, 0.15) is 29.4 Å². The number of nitrogens with one attached hydrogen (secondary N) is 1. The first kappa shape index (κ1) is 32.7. The number of aromatic nitrogens is 2. The maximum atomic E-state index is 13.6. The lowest BCUT2D eigenvalue weighted by molar-refractivity contribution is -0.0909. The van der Waals surface area contributed by atoms with Crippen LogP contribution >= 0.6 is 28.5 Å². The van der Waals surface area contributed by atoms with Crippen molar-refractivity contribution in [3.63, 3.8) is 0 Å². The standard InChI is InChI=1S/C33H35N2O8PS2/c1-22-20-35(32(37)34-31(22)36)30-19-28(43-44(38)45-17-18-46-44)29(42-30)21-41-33(23-7-5-4-6-8-23,24-9-13-26(39-2)14-10-24)25-11-15-27(40-3)16-12-25/h4-16,20,28-30H,17-19,21H2,1-3H3,(H,34,36,37)/t28-,29+,30+/m0/s1. The number of H-pyrrole nitrogens is 1. The van der Waals surface area contributed by atoms with E-state index in [1.54, 1.807) is 21.1 Å². The molecule has 2 aliphatic heterocycles. The molecule has 2 saturated heterocycles. The lowest BCUT2D eigenvalue weighted by Gasteiger charge is -2.37. The summed E-state index contributed by atoms with van der Waals surface area (Å²) in [7, 11) is 3.24. The van der Waals surface area contributed by atoms with Gasteiger partial charge in [-0.3, -0.25) is 18.9 Å². The third-order valence-corrected chi connectivity index (χ3v) is 15.7. The van der Waals surface area contributed by atoms with Gasteiger partial charge in [0.2, 0.25) is 0 Å². The molecule has 0 amide bonds. The summed E-state index contributed by atoms with van der Waals surface area (Å²) in [4.78, 5) is 27.3. The summed E-state index contributed by atoms with van der Waals surface area (Å²) < 4.78 is 45.7. The van der Waals surface area contributed by atoms with Crippen LogP contribution < -0.4 is 20.7 Å². The minimum absolute atomic E-state index is 0.0283. The quantitative estimate of drug-likeness (QED) is 0.146. The maximum absolute atomic E-state index is 13.6. The molecule has 2 aliphatic rings. The summed E-state index contributed by atoms with van der Waals surface area (Å²) in [6.07, 6.45) is -0.381. The van der Waals surface area contributed by atoms with E-state index in [4.69, 9.17) is 23.5 Å². The molecule has 1 aromatic heterocycles. The Bertz CT molecular complexity index is 1760. The minimum atomic E-state index is -3.04. The number of ether oxygens (including phenoxy) is 4. The molecule has 3 heterocycles. The highest BCUT2D eigenvalue weighted by Crippen LogP contribution is 2.75. The van der Waals surface area contributed by atoms with E-state index < -0.39 is 41.1 Å². The summed E-state index contributed by atoms with van der Waals surface area (Å²) in [5, 5.41) is 0. The van der Waals surface area contributed by atoms with Gasteiger partial charge in [-0.2, -0.15) is 0 Å². The number of aromatic amines is 1. The van der Waals surface area contributed by atoms with Crippen LogP contribution in [0.25, 0.3) is 0 Å². The first-order valence-corrected chi connectivity index (χ1v) is 19.6. The van der Waals surface area contributed by atoms with E-state index in [1.165, 1.54) is 33.5 Å². The molecule has 3 aromatic carbocycles. The van der Waals surface area contributed by atoms with E-state index in [0.29, 0.717) is 17.1 Å². The van der Waals surface area contributed by atoms with Gasteiger partial charge < -0.3 is 23.5 Å². The molecule has 0 spiro atoms. The Balaban J connectivity index is 1.42. The second kappa shape index (κ2) is 13.9. The summed E-state index contributed by atoms with van der Waals surface area (Å²) in [6, 6.07) is 25.3. The number of methoxy groups -OCH3 is 2. The Kier molecular flexibility index (Phi) is 9.84. The average Bonchev–Trinajstić information content (AvgIpc) is 3.69. The zero-order valence-electron chi connectivity index (χ0n) is 25.6. The van der Waals surface area contributed by atoms with Crippen LogP contribution in [0.2, 0.25) is 0 Å². The van der Waals surface area contributed by atoms with Crippen LogP contribution in [-0.2, 0) is 24.2 Å². The van der Waals surface area contributed by atoms with Crippen molar-refractivity contribution in [2.24, 2.45) is 0 Å². The van der Waals surface area contributed by atoms with Gasteiger partial charge in [0.15, 0.2) is 0 Å². The van der Waals surface area contributed by atoms with Crippen molar-refractivity contribution >= 4 is 28.5 Å². The van der Waals surface area contributed by atoms with E-state index in [9.17, 15) is 14.2 Å². The molecular weight excluding hydrogens is 647 g/mol. The Morgan fingerprint density at radius 3 is 2.02 bits per heavy atom. The molecule has 0 aliphatic carbocycles. The van der Waals surface area contributed by atoms with Crippen molar-refractivity contribution in [3.05, 3.63) is 128 Å². The highest BCUT2D eigenvalue weighted by molar-refractivity contribution is 8.90. The van der Waals surface area contributed by atoms with Gasteiger partial charge in [-0.05, 0) is 47.9 Å². The van der Waals surface area contributed by atoms with Gasteiger partial charge in [0, 0.05) is 29.7 Å². The summed E-state index contributed by atoms with van der Waals surface area (Å²) in [5.74, 6) is -0.177. The van der Waals surface area contributed by atoms with E-state index in [0.717, 1.165) is 28.2 Å². The van der Waals surface area contributed by atoms with Crippen molar-refractivity contribution < 1.29 is 28.0 Å². The highest BCUT2D eigenvalue weighted by Gasteiger charge is 2.46. The van der Waals surface area contributed by atoms with Crippen molar-refractivity contribution in [1.82, 2.24) is 9.55 Å². The third-order valence-electron chi connectivity index (χ3n) is 8.12. The fourth-order valence-electron chi connectivity index (χ4n) is 5.78. The van der Waals surface area contributed by atoms with Crippen LogP contribution in [0.15, 0.2) is 94.6 Å². The van der Waals surface area contributed by atoms with Gasteiger partial charge in [-0.1, -0.05) is 77.4 Å². The first-order valence-electron chi connectivity index (χ1n) is 14.8. The van der Waals surface area contributed by atoms with Crippen LogP contribution in [0.1, 0.15) is 34.9 Å². The van der Waals surface area contributed by atoms with E-state index >= 15 is 0 Å². The zero-order valence-corrected chi connectivity index (χ0v) is 28.1. The molecule has 3 atom stereocenters. The molecule has 46 heavy (non-hydrogen) atoms. The monoisotopic (exact) mass is 682 g/mol. The Hall–Kier alpha value is -3.25. The first-order chi connectivity index (χ1) is 22.2. The van der Waals surface area contributed by atoms with Crippen molar-refractivity contribution in [2.45, 2.75) is 37.4 Å².